The lowest BCUT2D eigenvalue weighted by Gasteiger charge is -2.17. The van der Waals surface area contributed by atoms with E-state index < -0.39 is 0 Å². The first-order valence-corrected chi connectivity index (χ1v) is 12.4. The quantitative estimate of drug-likeness (QED) is 0.453. The molecule has 0 saturated carbocycles. The number of rotatable bonds is 7. The summed E-state index contributed by atoms with van der Waals surface area (Å²) in [6, 6.07) is 23.4. The van der Waals surface area contributed by atoms with E-state index >= 15 is 0 Å². The summed E-state index contributed by atoms with van der Waals surface area (Å²) in [5, 5.41) is 12.4. The second-order valence-corrected chi connectivity index (χ2v) is 9.51. The van der Waals surface area contributed by atoms with Crippen molar-refractivity contribution in [3.05, 3.63) is 125 Å². The van der Waals surface area contributed by atoms with Crippen LogP contribution in [0.25, 0.3) is 5.57 Å². The molecule has 188 valence electrons. The van der Waals surface area contributed by atoms with Gasteiger partial charge in [0.25, 0.3) is 5.91 Å². The zero-order chi connectivity index (χ0) is 26.4. The van der Waals surface area contributed by atoms with E-state index in [1.807, 2.05) is 64.6 Å². The molecule has 4 rings (SSSR count). The van der Waals surface area contributed by atoms with Crippen molar-refractivity contribution in [2.75, 3.05) is 39.6 Å². The summed E-state index contributed by atoms with van der Waals surface area (Å²) in [5.74, 6) is 0.142. The Balaban J connectivity index is 1.56. The number of aromatic hydroxyl groups is 1. The van der Waals surface area contributed by atoms with Crippen molar-refractivity contribution in [3.8, 4) is 5.75 Å². The van der Waals surface area contributed by atoms with E-state index in [0.717, 1.165) is 39.2 Å². The maximum atomic E-state index is 12.7. The zero-order valence-corrected chi connectivity index (χ0v) is 21.9. The van der Waals surface area contributed by atoms with Gasteiger partial charge in [-0.3, -0.25) is 4.79 Å². The molecule has 1 aliphatic carbocycles. The van der Waals surface area contributed by atoms with Crippen LogP contribution in [-0.4, -0.2) is 56.0 Å². The normalized spacial score (nSPS) is 12.4. The highest BCUT2D eigenvalue weighted by Crippen LogP contribution is 2.31. The van der Waals surface area contributed by atoms with Gasteiger partial charge in [-0.25, -0.2) is 4.58 Å². The Kier molecular flexibility index (Phi) is 8.04. The molecule has 0 bridgehead atoms. The number of nitrogens with one attached hydrogen (secondary N) is 1. The van der Waals surface area contributed by atoms with Gasteiger partial charge in [-0.2, -0.15) is 0 Å². The molecular formula is C32H34N3O2+. The fourth-order valence-corrected chi connectivity index (χ4v) is 4.23. The van der Waals surface area contributed by atoms with Crippen molar-refractivity contribution in [2.45, 2.75) is 6.42 Å². The lowest BCUT2D eigenvalue weighted by molar-refractivity contribution is -0.462. The largest absolute Gasteiger partial charge is 0.508 e. The number of benzene rings is 3. The van der Waals surface area contributed by atoms with Crippen LogP contribution in [0.3, 0.4) is 0 Å². The van der Waals surface area contributed by atoms with Gasteiger partial charge in [0.2, 0.25) is 0 Å². The monoisotopic (exact) mass is 492 g/mol. The van der Waals surface area contributed by atoms with Gasteiger partial charge in [0, 0.05) is 44.0 Å². The molecule has 0 atom stereocenters. The third kappa shape index (κ3) is 6.44. The van der Waals surface area contributed by atoms with Gasteiger partial charge in [-0.15, -0.1) is 0 Å². The van der Waals surface area contributed by atoms with E-state index in [-0.39, 0.29) is 11.7 Å². The van der Waals surface area contributed by atoms with Crippen molar-refractivity contribution >= 4 is 22.9 Å². The zero-order valence-electron chi connectivity index (χ0n) is 21.9. The smallest absolute Gasteiger partial charge is 0.251 e. The SMILES string of the molecule is CN(C)c1ccc(C(=C2C=CC(=[N+](C)C)C=C2)c2ccc(C(=O)NCCc3ccc(O)cc3)cc2)cc1. The standard InChI is InChI=1S/C32H33N3O2/c1-34(2)28-15-11-25(12-16-28)31(26-13-17-29(18-14-26)35(3)4)24-7-9-27(10-8-24)32(37)33-22-21-23-5-19-30(36)20-6-23/h5-20H,21-22H2,1-4H3,(H-,33,36,37)/p+1. The van der Waals surface area contributed by atoms with E-state index in [4.69, 9.17) is 0 Å². The number of anilines is 1. The minimum absolute atomic E-state index is 0.0995. The summed E-state index contributed by atoms with van der Waals surface area (Å²) in [7, 11) is 8.14. The molecule has 3 aromatic rings. The van der Waals surface area contributed by atoms with Gasteiger partial charge in [-0.1, -0.05) is 36.4 Å². The molecule has 37 heavy (non-hydrogen) atoms. The summed E-state index contributed by atoms with van der Waals surface area (Å²) in [4.78, 5) is 14.8. The first-order chi connectivity index (χ1) is 17.8. The minimum Gasteiger partial charge on any atom is -0.508 e. The van der Waals surface area contributed by atoms with Crippen molar-refractivity contribution < 1.29 is 14.5 Å². The van der Waals surface area contributed by atoms with Gasteiger partial charge < -0.3 is 15.3 Å². The molecule has 0 unspecified atom stereocenters. The molecule has 0 aliphatic heterocycles. The minimum atomic E-state index is -0.0995. The average Bonchev–Trinajstić information content (AvgIpc) is 2.91. The molecule has 5 heteroatoms. The second kappa shape index (κ2) is 11.6. The van der Waals surface area contributed by atoms with Gasteiger partial charge in [0.15, 0.2) is 5.71 Å². The molecule has 0 fully saturated rings. The van der Waals surface area contributed by atoms with Crippen LogP contribution in [0.2, 0.25) is 0 Å². The number of hydrogen-bond acceptors (Lipinski definition) is 3. The number of carbonyl (C=O) groups is 1. The van der Waals surface area contributed by atoms with Crippen molar-refractivity contribution in [1.82, 2.24) is 5.32 Å². The lowest BCUT2D eigenvalue weighted by Crippen LogP contribution is -2.25. The highest BCUT2D eigenvalue weighted by Gasteiger charge is 2.14. The molecule has 0 aromatic heterocycles. The number of phenols is 1. The topological polar surface area (TPSA) is 55.6 Å². The van der Waals surface area contributed by atoms with Gasteiger partial charge in [0.1, 0.15) is 19.8 Å². The molecule has 0 radical (unpaired) electrons. The van der Waals surface area contributed by atoms with E-state index in [2.05, 4.69) is 63.4 Å². The van der Waals surface area contributed by atoms with Crippen LogP contribution in [0, 0.1) is 0 Å². The Morgan fingerprint density at radius 3 is 1.86 bits per heavy atom. The third-order valence-electron chi connectivity index (χ3n) is 6.42. The number of carbonyl (C=O) groups excluding carboxylic acids is 1. The molecule has 1 amide bonds. The molecular weight excluding hydrogens is 458 g/mol. The average molecular weight is 493 g/mol. The predicted molar refractivity (Wildman–Crippen MR) is 153 cm³/mol. The number of phenolic OH excluding ortho intramolecular Hbond substituents is 1. The number of nitrogens with zero attached hydrogens (tertiary/aromatic N) is 2. The lowest BCUT2D eigenvalue weighted by atomic mass is 9.90. The van der Waals surface area contributed by atoms with Crippen molar-refractivity contribution in [1.29, 1.82) is 0 Å². The Morgan fingerprint density at radius 2 is 1.32 bits per heavy atom. The molecule has 1 aliphatic rings. The van der Waals surface area contributed by atoms with Crippen LogP contribution < -0.4 is 10.2 Å². The first-order valence-electron chi connectivity index (χ1n) is 12.4. The number of hydrogen-bond donors (Lipinski definition) is 2. The van der Waals surface area contributed by atoms with Crippen LogP contribution in [0.15, 0.2) is 103 Å². The molecule has 0 saturated heterocycles. The van der Waals surface area contributed by atoms with Gasteiger partial charge in [0.05, 0.1) is 0 Å². The van der Waals surface area contributed by atoms with Crippen molar-refractivity contribution in [3.63, 3.8) is 0 Å². The van der Waals surface area contributed by atoms with E-state index in [1.165, 1.54) is 0 Å². The predicted octanol–water partition coefficient (Wildman–Crippen LogP) is 5.07. The van der Waals surface area contributed by atoms with Crippen LogP contribution in [0.4, 0.5) is 5.69 Å². The Morgan fingerprint density at radius 1 is 0.784 bits per heavy atom. The summed E-state index contributed by atoms with van der Waals surface area (Å²) in [6.45, 7) is 0.527. The maximum absolute atomic E-state index is 12.7. The summed E-state index contributed by atoms with van der Waals surface area (Å²) in [5.41, 5.74) is 8.39. The third-order valence-corrected chi connectivity index (χ3v) is 6.42. The molecule has 0 spiro atoms. The van der Waals surface area contributed by atoms with Crippen LogP contribution in [0.5, 0.6) is 5.75 Å². The fourth-order valence-electron chi connectivity index (χ4n) is 4.23. The van der Waals surface area contributed by atoms with Crippen molar-refractivity contribution in [2.24, 2.45) is 0 Å². The fraction of sp³-hybridized carbons (Fsp3) is 0.188. The van der Waals surface area contributed by atoms with E-state index in [9.17, 15) is 9.90 Å². The van der Waals surface area contributed by atoms with Gasteiger partial charge in [-0.05, 0) is 82.8 Å². The highest BCUT2D eigenvalue weighted by molar-refractivity contribution is 6.04. The summed E-state index contributed by atoms with van der Waals surface area (Å²) >= 11 is 0. The van der Waals surface area contributed by atoms with E-state index in [1.54, 1.807) is 12.1 Å². The molecule has 3 aromatic carbocycles. The maximum Gasteiger partial charge on any atom is 0.251 e. The van der Waals surface area contributed by atoms with Crippen LogP contribution in [-0.2, 0) is 6.42 Å². The highest BCUT2D eigenvalue weighted by atomic mass is 16.3. The molecule has 0 heterocycles. The number of amides is 1. The summed E-state index contributed by atoms with van der Waals surface area (Å²) < 4.78 is 2.09. The first kappa shape index (κ1) is 25.7. The number of allylic oxidation sites excluding steroid dienone is 5. The van der Waals surface area contributed by atoms with Gasteiger partial charge >= 0.3 is 0 Å². The van der Waals surface area contributed by atoms with Crippen LogP contribution >= 0.6 is 0 Å². The summed E-state index contributed by atoms with van der Waals surface area (Å²) in [6.07, 6.45) is 9.25. The second-order valence-electron chi connectivity index (χ2n) is 9.51. The Labute approximate surface area is 219 Å². The van der Waals surface area contributed by atoms with E-state index in [0.29, 0.717) is 18.5 Å². The molecule has 5 nitrogen and oxygen atoms in total. The molecule has 2 N–H and O–H groups in total. The van der Waals surface area contributed by atoms with Crippen LogP contribution in [0.1, 0.15) is 27.0 Å². The Bertz CT molecular complexity index is 1350. The Hall–Kier alpha value is -4.38.